The highest BCUT2D eigenvalue weighted by Gasteiger charge is 2.14. The maximum atomic E-state index is 10.5. The van der Waals surface area contributed by atoms with Crippen molar-refractivity contribution < 1.29 is 14.3 Å². The van der Waals surface area contributed by atoms with Crippen LogP contribution in [0.1, 0.15) is 32.8 Å². The average Bonchev–Trinajstić information content (AvgIpc) is 2.67. The summed E-state index contributed by atoms with van der Waals surface area (Å²) in [7, 11) is 3.62. The molecule has 2 aromatic rings. The highest BCUT2D eigenvalue weighted by molar-refractivity contribution is 5.67. The molecule has 0 aromatic heterocycles. The molecule has 1 N–H and O–H groups in total. The van der Waals surface area contributed by atoms with Gasteiger partial charge in [0.2, 0.25) is 0 Å². The Morgan fingerprint density at radius 3 is 2.41 bits per heavy atom. The second-order valence-electron chi connectivity index (χ2n) is 7.39. The van der Waals surface area contributed by atoms with E-state index in [-0.39, 0.29) is 11.7 Å². The lowest BCUT2D eigenvalue weighted by molar-refractivity contribution is 0.0541. The molecular weight excluding hydrogens is 340 g/mol. The van der Waals surface area contributed by atoms with Crippen LogP contribution in [0.5, 0.6) is 5.75 Å². The number of alkyl carbamates (subject to hydrolysis) is 1. The first-order chi connectivity index (χ1) is 12.8. The smallest absolute Gasteiger partial charge is 0.407 e. The van der Waals surface area contributed by atoms with Crippen LogP contribution >= 0.6 is 0 Å². The van der Waals surface area contributed by atoms with Gasteiger partial charge in [0.1, 0.15) is 11.4 Å². The van der Waals surface area contributed by atoms with Crippen LogP contribution in [0.4, 0.5) is 16.2 Å². The van der Waals surface area contributed by atoms with Gasteiger partial charge in [-0.05, 0) is 57.4 Å². The normalized spacial score (nSPS) is 12.6. The van der Waals surface area contributed by atoms with Crippen LogP contribution in [-0.4, -0.2) is 32.4 Å². The molecule has 2 aromatic carbocycles. The molecule has 1 heterocycles. The second-order valence-corrected chi connectivity index (χ2v) is 7.39. The van der Waals surface area contributed by atoms with E-state index in [1.807, 2.05) is 26.8 Å². The van der Waals surface area contributed by atoms with Crippen molar-refractivity contribution in [1.29, 1.82) is 0 Å². The first-order valence-corrected chi connectivity index (χ1v) is 9.25. The topological polar surface area (TPSA) is 50.8 Å². The number of ether oxygens (including phenoxy) is 2. The van der Waals surface area contributed by atoms with E-state index in [2.05, 4.69) is 59.7 Å². The summed E-state index contributed by atoms with van der Waals surface area (Å²) in [6, 6.07) is 16.9. The Morgan fingerprint density at radius 2 is 1.81 bits per heavy atom. The summed E-state index contributed by atoms with van der Waals surface area (Å²) in [5.74, 6) is 1.04. The molecule has 1 aliphatic heterocycles. The van der Waals surface area contributed by atoms with Gasteiger partial charge in [0.25, 0.3) is 0 Å². The fraction of sp³-hybridized carbons (Fsp3) is 0.409. The lowest BCUT2D eigenvalue weighted by Crippen LogP contribution is -2.30. The van der Waals surface area contributed by atoms with Crippen molar-refractivity contribution in [1.82, 2.24) is 5.32 Å². The van der Waals surface area contributed by atoms with E-state index in [0.29, 0.717) is 0 Å². The third kappa shape index (κ3) is 6.51. The molecule has 3 rings (SSSR count). The SMILES string of the molecule is CN(c1ccccc1)c1ccc2c(c1)OCCC2.CNC(=O)OC(C)(C)C. The molecule has 0 atom stereocenters. The third-order valence-corrected chi connectivity index (χ3v) is 4.03. The van der Waals surface area contributed by atoms with Gasteiger partial charge in [-0.3, -0.25) is 0 Å². The van der Waals surface area contributed by atoms with Crippen molar-refractivity contribution in [3.05, 3.63) is 54.1 Å². The fourth-order valence-corrected chi connectivity index (χ4v) is 2.67. The van der Waals surface area contributed by atoms with E-state index in [1.54, 1.807) is 0 Å². The quantitative estimate of drug-likeness (QED) is 0.815. The Bertz CT molecular complexity index is 739. The first kappa shape index (κ1) is 20.6. The Morgan fingerprint density at radius 1 is 1.11 bits per heavy atom. The number of hydrogen-bond donors (Lipinski definition) is 1. The van der Waals surface area contributed by atoms with Gasteiger partial charge in [0.05, 0.1) is 6.61 Å². The van der Waals surface area contributed by atoms with Gasteiger partial charge in [0.15, 0.2) is 0 Å². The summed E-state index contributed by atoms with van der Waals surface area (Å²) in [5, 5.41) is 2.36. The van der Waals surface area contributed by atoms with Crippen molar-refractivity contribution in [2.24, 2.45) is 0 Å². The number of fused-ring (bicyclic) bond motifs is 1. The van der Waals surface area contributed by atoms with E-state index in [1.165, 1.54) is 24.0 Å². The molecule has 0 saturated heterocycles. The molecule has 0 bridgehead atoms. The van der Waals surface area contributed by atoms with Crippen LogP contribution in [0.25, 0.3) is 0 Å². The minimum absolute atomic E-state index is 0.387. The van der Waals surface area contributed by atoms with Crippen molar-refractivity contribution in [3.63, 3.8) is 0 Å². The monoisotopic (exact) mass is 370 g/mol. The number of benzene rings is 2. The van der Waals surface area contributed by atoms with Gasteiger partial charge in [-0.25, -0.2) is 4.79 Å². The minimum Gasteiger partial charge on any atom is -0.493 e. The van der Waals surface area contributed by atoms with Gasteiger partial charge in [-0.15, -0.1) is 0 Å². The van der Waals surface area contributed by atoms with Crippen LogP contribution < -0.4 is 15.0 Å². The number of para-hydroxylation sites is 1. The van der Waals surface area contributed by atoms with Crippen molar-refractivity contribution in [2.75, 3.05) is 25.6 Å². The van der Waals surface area contributed by atoms with Crippen LogP contribution in [0.2, 0.25) is 0 Å². The number of nitrogens with zero attached hydrogens (tertiary/aromatic N) is 1. The molecular formula is C22H30N2O3. The largest absolute Gasteiger partial charge is 0.493 e. The Hall–Kier alpha value is -2.69. The molecule has 0 spiro atoms. The average molecular weight is 370 g/mol. The maximum absolute atomic E-state index is 10.5. The molecule has 1 aliphatic rings. The number of nitrogens with one attached hydrogen (secondary N) is 1. The summed E-state index contributed by atoms with van der Waals surface area (Å²) >= 11 is 0. The van der Waals surface area contributed by atoms with Gasteiger partial charge in [0, 0.05) is 31.5 Å². The molecule has 0 fully saturated rings. The highest BCUT2D eigenvalue weighted by Crippen LogP contribution is 2.31. The van der Waals surface area contributed by atoms with Crippen LogP contribution in [0, 0.1) is 0 Å². The highest BCUT2D eigenvalue weighted by atomic mass is 16.6. The Labute approximate surface area is 162 Å². The number of amides is 1. The van der Waals surface area contributed by atoms with Crippen LogP contribution in [0.3, 0.4) is 0 Å². The summed E-state index contributed by atoms with van der Waals surface area (Å²) < 4.78 is 10.6. The van der Waals surface area contributed by atoms with Crippen molar-refractivity contribution in [2.45, 2.75) is 39.2 Å². The molecule has 0 aliphatic carbocycles. The fourth-order valence-electron chi connectivity index (χ4n) is 2.67. The van der Waals surface area contributed by atoms with E-state index < -0.39 is 0 Å². The molecule has 146 valence electrons. The molecule has 5 nitrogen and oxygen atoms in total. The van der Waals surface area contributed by atoms with E-state index in [4.69, 9.17) is 9.47 Å². The number of rotatable bonds is 2. The standard InChI is InChI=1S/C16H17NO.C6H13NO2/c1-17(14-7-3-2-4-8-14)15-10-9-13-6-5-11-18-16(13)12-15;1-6(2,3)9-5(8)7-4/h2-4,7-10,12H,5-6,11H2,1H3;1-4H3,(H,7,8). The Kier molecular flexibility index (Phi) is 7.11. The number of carbonyl (C=O) groups is 1. The number of hydrogen-bond acceptors (Lipinski definition) is 4. The first-order valence-electron chi connectivity index (χ1n) is 9.25. The number of carbonyl (C=O) groups excluding carboxylic acids is 1. The van der Waals surface area contributed by atoms with Crippen molar-refractivity contribution >= 4 is 17.5 Å². The molecule has 0 unspecified atom stereocenters. The number of aryl methyl sites for hydroxylation is 1. The van der Waals surface area contributed by atoms with Crippen LogP contribution in [-0.2, 0) is 11.2 Å². The predicted octanol–water partition coefficient (Wildman–Crippen LogP) is 4.92. The number of anilines is 2. The molecule has 5 heteroatoms. The molecule has 0 saturated carbocycles. The minimum atomic E-state index is -0.389. The molecule has 0 radical (unpaired) electrons. The van der Waals surface area contributed by atoms with Crippen LogP contribution in [0.15, 0.2) is 48.5 Å². The molecule has 27 heavy (non-hydrogen) atoms. The Balaban J connectivity index is 0.000000249. The van der Waals surface area contributed by atoms with Gasteiger partial charge >= 0.3 is 6.09 Å². The lowest BCUT2D eigenvalue weighted by Gasteiger charge is -2.23. The summed E-state index contributed by atoms with van der Waals surface area (Å²) in [5.41, 5.74) is 3.29. The summed E-state index contributed by atoms with van der Waals surface area (Å²) in [6.45, 7) is 6.30. The third-order valence-electron chi connectivity index (χ3n) is 4.03. The van der Waals surface area contributed by atoms with Gasteiger partial charge in [-0.1, -0.05) is 24.3 Å². The van der Waals surface area contributed by atoms with Crippen molar-refractivity contribution in [3.8, 4) is 5.75 Å². The predicted molar refractivity (Wildman–Crippen MR) is 110 cm³/mol. The zero-order chi connectivity index (χ0) is 19.9. The zero-order valence-electron chi connectivity index (χ0n) is 16.9. The van der Waals surface area contributed by atoms with E-state index >= 15 is 0 Å². The second kappa shape index (κ2) is 9.31. The maximum Gasteiger partial charge on any atom is 0.407 e. The van der Waals surface area contributed by atoms with Gasteiger partial charge < -0.3 is 19.7 Å². The van der Waals surface area contributed by atoms with Gasteiger partial charge in [-0.2, -0.15) is 0 Å². The zero-order valence-corrected chi connectivity index (χ0v) is 16.9. The summed E-state index contributed by atoms with van der Waals surface area (Å²) in [6.07, 6.45) is 1.87. The van der Waals surface area contributed by atoms with E-state index in [0.717, 1.165) is 25.2 Å². The molecule has 1 amide bonds. The lowest BCUT2D eigenvalue weighted by atomic mass is 10.1. The van der Waals surface area contributed by atoms with E-state index in [9.17, 15) is 4.79 Å². The summed E-state index contributed by atoms with van der Waals surface area (Å²) in [4.78, 5) is 12.7.